The number of halogens is 1. The predicted octanol–water partition coefficient (Wildman–Crippen LogP) is 3.54. The average molecular weight is 334 g/mol. The second kappa shape index (κ2) is 4.57. The summed E-state index contributed by atoms with van der Waals surface area (Å²) in [5, 5.41) is 10.8. The van der Waals surface area contributed by atoms with Crippen LogP contribution in [0.3, 0.4) is 0 Å². The lowest BCUT2D eigenvalue weighted by atomic mass is 9.44. The zero-order valence-corrected chi connectivity index (χ0v) is 14.8. The van der Waals surface area contributed by atoms with Gasteiger partial charge in [0, 0.05) is 29.6 Å². The maximum atomic E-state index is 16.5. The molecule has 0 heterocycles. The number of hydrogen-bond acceptors (Lipinski definition) is 3. The molecule has 3 fully saturated rings. The minimum Gasteiger partial charge on any atom is -0.390 e. The van der Waals surface area contributed by atoms with E-state index in [-0.39, 0.29) is 29.8 Å². The van der Waals surface area contributed by atoms with Crippen LogP contribution in [0.1, 0.15) is 65.7 Å². The van der Waals surface area contributed by atoms with Gasteiger partial charge in [0.05, 0.1) is 5.60 Å². The van der Waals surface area contributed by atoms with Gasteiger partial charge in [0.25, 0.3) is 0 Å². The summed E-state index contributed by atoms with van der Waals surface area (Å²) in [6, 6.07) is 0. The van der Waals surface area contributed by atoms with Crippen molar-refractivity contribution >= 4 is 11.6 Å². The van der Waals surface area contributed by atoms with Crippen LogP contribution in [0.15, 0.2) is 11.6 Å². The van der Waals surface area contributed by atoms with Crippen molar-refractivity contribution in [2.75, 3.05) is 0 Å². The van der Waals surface area contributed by atoms with Crippen LogP contribution in [-0.2, 0) is 9.59 Å². The molecule has 0 amide bonds. The molecule has 132 valence electrons. The molecular formula is C20H27FO3. The van der Waals surface area contributed by atoms with Gasteiger partial charge in [-0.1, -0.05) is 19.4 Å². The molecule has 0 bridgehead atoms. The summed E-state index contributed by atoms with van der Waals surface area (Å²) in [5.41, 5.74) is -3.35. The van der Waals surface area contributed by atoms with Crippen LogP contribution >= 0.6 is 0 Å². The number of alkyl halides is 1. The Bertz CT molecular complexity index is 666. The van der Waals surface area contributed by atoms with E-state index >= 15 is 4.39 Å². The number of aliphatic hydroxyl groups is 1. The smallest absolute Gasteiger partial charge is 0.180 e. The molecule has 4 aliphatic rings. The maximum absolute atomic E-state index is 16.5. The Labute approximate surface area is 142 Å². The number of ketones is 2. The van der Waals surface area contributed by atoms with Crippen LogP contribution in [0.2, 0.25) is 0 Å². The van der Waals surface area contributed by atoms with E-state index in [0.29, 0.717) is 32.1 Å². The summed E-state index contributed by atoms with van der Waals surface area (Å²) in [5.74, 6) is -0.600. The Morgan fingerprint density at radius 2 is 1.79 bits per heavy atom. The number of hydrogen-bond donors (Lipinski definition) is 1. The van der Waals surface area contributed by atoms with Crippen molar-refractivity contribution in [2.24, 2.45) is 22.7 Å². The highest BCUT2D eigenvalue weighted by Crippen LogP contribution is 2.68. The van der Waals surface area contributed by atoms with Crippen LogP contribution < -0.4 is 0 Å². The predicted molar refractivity (Wildman–Crippen MR) is 88.1 cm³/mol. The van der Waals surface area contributed by atoms with Crippen molar-refractivity contribution in [3.63, 3.8) is 0 Å². The molecule has 0 spiro atoms. The SMILES string of the molecule is CC1(O)CCC2C3CCC4=CC(=O)CCC4(C)C3(F)C(=O)CC21C. The molecule has 0 saturated heterocycles. The Balaban J connectivity index is 1.84. The minimum atomic E-state index is -1.89. The molecule has 6 unspecified atom stereocenters. The lowest BCUT2D eigenvalue weighted by Crippen LogP contribution is -2.66. The zero-order chi connectivity index (χ0) is 17.5. The first kappa shape index (κ1) is 16.4. The maximum Gasteiger partial charge on any atom is 0.180 e. The summed E-state index contributed by atoms with van der Waals surface area (Å²) in [7, 11) is 0. The average Bonchev–Trinajstić information content (AvgIpc) is 2.72. The molecule has 0 radical (unpaired) electrons. The van der Waals surface area contributed by atoms with Crippen molar-refractivity contribution in [1.29, 1.82) is 0 Å². The van der Waals surface area contributed by atoms with E-state index in [0.717, 1.165) is 12.0 Å². The van der Waals surface area contributed by atoms with E-state index in [1.165, 1.54) is 0 Å². The van der Waals surface area contributed by atoms with Gasteiger partial charge in [0.15, 0.2) is 17.2 Å². The fourth-order valence-corrected chi connectivity index (χ4v) is 6.50. The molecule has 6 atom stereocenters. The van der Waals surface area contributed by atoms with E-state index in [1.54, 1.807) is 13.0 Å². The highest BCUT2D eigenvalue weighted by molar-refractivity contribution is 5.95. The summed E-state index contributed by atoms with van der Waals surface area (Å²) >= 11 is 0. The Morgan fingerprint density at radius 1 is 1.08 bits per heavy atom. The molecule has 3 saturated carbocycles. The third-order valence-corrected chi connectivity index (χ3v) is 8.36. The minimum absolute atomic E-state index is 0.0335. The number of carbonyl (C=O) groups excluding carboxylic acids is 2. The molecule has 4 rings (SSSR count). The molecule has 4 aliphatic carbocycles. The second-order valence-electron chi connectivity index (χ2n) is 9.26. The van der Waals surface area contributed by atoms with Crippen molar-refractivity contribution < 1.29 is 19.1 Å². The lowest BCUT2D eigenvalue weighted by molar-refractivity contribution is -0.184. The first-order valence-corrected chi connectivity index (χ1v) is 9.25. The molecule has 24 heavy (non-hydrogen) atoms. The molecule has 0 aromatic carbocycles. The normalized spacial score (nSPS) is 54.0. The van der Waals surface area contributed by atoms with E-state index in [2.05, 4.69) is 0 Å². The highest BCUT2D eigenvalue weighted by Gasteiger charge is 2.72. The standard InChI is InChI=1S/C20H27FO3/c1-17-8-6-13(22)10-12(17)4-5-15-14-7-9-19(3,24)18(14,2)11-16(23)20(15,17)21/h10,14-15,24H,4-9,11H2,1-3H3. The van der Waals surface area contributed by atoms with Gasteiger partial charge < -0.3 is 5.11 Å². The van der Waals surface area contributed by atoms with E-state index in [1.807, 2.05) is 13.8 Å². The summed E-state index contributed by atoms with van der Waals surface area (Å²) in [4.78, 5) is 24.9. The quantitative estimate of drug-likeness (QED) is 0.737. The second-order valence-corrected chi connectivity index (χ2v) is 9.26. The topological polar surface area (TPSA) is 54.4 Å². The van der Waals surface area contributed by atoms with Gasteiger partial charge in [0.2, 0.25) is 0 Å². The Hall–Kier alpha value is -1.03. The molecule has 0 aliphatic heterocycles. The van der Waals surface area contributed by atoms with Crippen LogP contribution in [0.4, 0.5) is 4.39 Å². The zero-order valence-electron chi connectivity index (χ0n) is 14.8. The van der Waals surface area contributed by atoms with Gasteiger partial charge in [-0.15, -0.1) is 0 Å². The van der Waals surface area contributed by atoms with Crippen LogP contribution in [0.25, 0.3) is 0 Å². The third-order valence-electron chi connectivity index (χ3n) is 8.36. The van der Waals surface area contributed by atoms with Crippen molar-refractivity contribution in [2.45, 2.75) is 77.0 Å². The molecule has 4 heteroatoms. The first-order valence-electron chi connectivity index (χ1n) is 9.25. The van der Waals surface area contributed by atoms with Gasteiger partial charge in [-0.3, -0.25) is 9.59 Å². The number of carbonyl (C=O) groups is 2. The van der Waals surface area contributed by atoms with Crippen LogP contribution in [0, 0.1) is 22.7 Å². The van der Waals surface area contributed by atoms with E-state index < -0.39 is 22.1 Å². The molecular weight excluding hydrogens is 307 g/mol. The molecule has 1 N–H and O–H groups in total. The lowest BCUT2D eigenvalue weighted by Gasteiger charge is -2.60. The number of Topliss-reactive ketones (excluding diaryl/α,β-unsaturated/α-hetero) is 1. The van der Waals surface area contributed by atoms with Gasteiger partial charge in [-0.25, -0.2) is 4.39 Å². The molecule has 3 nitrogen and oxygen atoms in total. The summed E-state index contributed by atoms with van der Waals surface area (Å²) in [6.07, 6.45) is 5.17. The Kier molecular flexibility index (Phi) is 3.13. The third kappa shape index (κ3) is 1.66. The Morgan fingerprint density at radius 3 is 2.50 bits per heavy atom. The fourth-order valence-electron chi connectivity index (χ4n) is 6.50. The van der Waals surface area contributed by atoms with E-state index in [4.69, 9.17) is 0 Å². The largest absolute Gasteiger partial charge is 0.390 e. The van der Waals surface area contributed by atoms with Gasteiger partial charge in [-0.05, 0) is 51.0 Å². The summed E-state index contributed by atoms with van der Waals surface area (Å²) < 4.78 is 16.5. The van der Waals surface area contributed by atoms with Gasteiger partial charge in [0.1, 0.15) is 0 Å². The van der Waals surface area contributed by atoms with Crippen molar-refractivity contribution in [3.8, 4) is 0 Å². The number of allylic oxidation sites excluding steroid dienone is 1. The van der Waals surface area contributed by atoms with Crippen LogP contribution in [-0.4, -0.2) is 27.9 Å². The van der Waals surface area contributed by atoms with Crippen LogP contribution in [0.5, 0.6) is 0 Å². The number of fused-ring (bicyclic) bond motifs is 5. The first-order chi connectivity index (χ1) is 11.1. The molecule has 0 aromatic rings. The summed E-state index contributed by atoms with van der Waals surface area (Å²) in [6.45, 7) is 5.63. The molecule has 0 aromatic heterocycles. The van der Waals surface area contributed by atoms with Gasteiger partial charge >= 0.3 is 0 Å². The highest BCUT2D eigenvalue weighted by atomic mass is 19.1. The van der Waals surface area contributed by atoms with E-state index in [9.17, 15) is 14.7 Å². The van der Waals surface area contributed by atoms with Crippen molar-refractivity contribution in [1.82, 2.24) is 0 Å². The fraction of sp³-hybridized carbons (Fsp3) is 0.800. The monoisotopic (exact) mass is 334 g/mol. The van der Waals surface area contributed by atoms with Gasteiger partial charge in [-0.2, -0.15) is 0 Å². The number of rotatable bonds is 0. The van der Waals surface area contributed by atoms with Crippen molar-refractivity contribution in [3.05, 3.63) is 11.6 Å².